The first-order chi connectivity index (χ1) is 14.8. The van der Waals surface area contributed by atoms with Crippen molar-refractivity contribution in [3.05, 3.63) is 62.9 Å². The molecular weight excluding hydrogens is 408 g/mol. The van der Waals surface area contributed by atoms with E-state index in [1.54, 1.807) is 19.9 Å². The van der Waals surface area contributed by atoms with Crippen LogP contribution in [0.25, 0.3) is 0 Å². The molecule has 2 aliphatic rings. The Labute approximate surface area is 178 Å². The number of ether oxygens (including phenoxy) is 4. The molecule has 0 radical (unpaired) electrons. The molecule has 1 unspecified atom stereocenters. The second-order valence-corrected chi connectivity index (χ2v) is 7.32. The van der Waals surface area contributed by atoms with E-state index >= 15 is 0 Å². The van der Waals surface area contributed by atoms with Crippen molar-refractivity contribution in [2.75, 3.05) is 7.11 Å². The van der Waals surface area contributed by atoms with Crippen molar-refractivity contribution in [2.45, 2.75) is 51.6 Å². The van der Waals surface area contributed by atoms with Crippen LogP contribution in [0, 0.1) is 10.1 Å². The van der Waals surface area contributed by atoms with Crippen LogP contribution in [0.5, 0.6) is 0 Å². The highest BCUT2D eigenvalue weighted by Crippen LogP contribution is 2.40. The lowest BCUT2D eigenvalue weighted by atomic mass is 9.90. The molecule has 10 nitrogen and oxygen atoms in total. The minimum atomic E-state index is -0.973. The lowest BCUT2D eigenvalue weighted by molar-refractivity contribution is -0.384. The summed E-state index contributed by atoms with van der Waals surface area (Å²) in [5.41, 5.74) is 1.19. The van der Waals surface area contributed by atoms with Gasteiger partial charge in [-0.3, -0.25) is 10.1 Å². The number of rotatable bonds is 5. The first kappa shape index (κ1) is 22.1. The molecule has 1 aliphatic carbocycles. The second kappa shape index (κ2) is 9.50. The van der Waals surface area contributed by atoms with Gasteiger partial charge in [-0.25, -0.2) is 9.59 Å². The monoisotopic (exact) mass is 432 g/mol. The van der Waals surface area contributed by atoms with Crippen LogP contribution in [0.1, 0.15) is 51.0 Å². The van der Waals surface area contributed by atoms with Gasteiger partial charge in [-0.1, -0.05) is 12.1 Å². The largest absolute Gasteiger partial charge is 0.513 e. The summed E-state index contributed by atoms with van der Waals surface area (Å²) in [6.07, 6.45) is 1.46. The number of benzene rings is 1. The van der Waals surface area contributed by atoms with E-state index < -0.39 is 23.2 Å². The minimum Gasteiger partial charge on any atom is -0.437 e. The Balaban J connectivity index is 1.98. The first-order valence-electron chi connectivity index (χ1n) is 9.87. The van der Waals surface area contributed by atoms with Gasteiger partial charge >= 0.3 is 12.3 Å². The van der Waals surface area contributed by atoms with Gasteiger partial charge in [0.1, 0.15) is 23.5 Å². The molecule has 1 aromatic carbocycles. The van der Waals surface area contributed by atoms with E-state index in [9.17, 15) is 19.7 Å². The van der Waals surface area contributed by atoms with E-state index in [0.717, 1.165) is 32.8 Å². The fourth-order valence-corrected chi connectivity index (χ4v) is 3.74. The van der Waals surface area contributed by atoms with E-state index in [1.165, 1.54) is 18.2 Å². The number of dihydropyridines is 1. The van der Waals surface area contributed by atoms with Gasteiger partial charge in [0.2, 0.25) is 0 Å². The van der Waals surface area contributed by atoms with Gasteiger partial charge < -0.3 is 24.3 Å². The van der Waals surface area contributed by atoms with Gasteiger partial charge in [0.05, 0.1) is 23.4 Å². The third-order valence-electron chi connectivity index (χ3n) is 5.17. The maximum atomic E-state index is 12.5. The summed E-state index contributed by atoms with van der Waals surface area (Å²) in [5.74, 6) is -0.689. The predicted octanol–water partition coefficient (Wildman–Crippen LogP) is 4.62. The van der Waals surface area contributed by atoms with Crippen LogP contribution in [-0.2, 0) is 18.9 Å². The van der Waals surface area contributed by atoms with Crippen molar-refractivity contribution in [1.29, 1.82) is 0 Å². The SMILES string of the molecule is COC(=O)OC1=C(C)NC(C)=C(OC(=O)OC2CCCC2)C1c1cccc([N+](=O)[O-])c1. The Morgan fingerprint density at radius 3 is 2.26 bits per heavy atom. The van der Waals surface area contributed by atoms with Crippen LogP contribution in [0.15, 0.2) is 47.2 Å². The highest BCUT2D eigenvalue weighted by Gasteiger charge is 2.36. The lowest BCUT2D eigenvalue weighted by Gasteiger charge is -2.30. The van der Waals surface area contributed by atoms with Crippen LogP contribution in [0.2, 0.25) is 0 Å². The Morgan fingerprint density at radius 1 is 1.06 bits per heavy atom. The van der Waals surface area contributed by atoms with Crippen molar-refractivity contribution in [2.24, 2.45) is 0 Å². The van der Waals surface area contributed by atoms with Crippen LogP contribution in [0.3, 0.4) is 0 Å². The summed E-state index contributed by atoms with van der Waals surface area (Å²) < 4.78 is 20.9. The number of nitro benzene ring substituents is 1. The van der Waals surface area contributed by atoms with E-state index in [2.05, 4.69) is 10.1 Å². The predicted molar refractivity (Wildman–Crippen MR) is 108 cm³/mol. The zero-order valence-corrected chi connectivity index (χ0v) is 17.5. The number of hydrogen-bond acceptors (Lipinski definition) is 9. The highest BCUT2D eigenvalue weighted by atomic mass is 16.7. The second-order valence-electron chi connectivity index (χ2n) is 7.32. The van der Waals surface area contributed by atoms with Crippen molar-refractivity contribution < 1.29 is 33.5 Å². The number of non-ortho nitro benzene ring substituents is 1. The fourth-order valence-electron chi connectivity index (χ4n) is 3.74. The molecule has 166 valence electrons. The summed E-state index contributed by atoms with van der Waals surface area (Å²) in [5, 5.41) is 14.3. The van der Waals surface area contributed by atoms with Gasteiger partial charge in [-0.2, -0.15) is 0 Å². The van der Waals surface area contributed by atoms with E-state index in [0.29, 0.717) is 17.0 Å². The van der Waals surface area contributed by atoms with Crippen molar-refractivity contribution in [1.82, 2.24) is 5.32 Å². The molecule has 31 heavy (non-hydrogen) atoms. The van der Waals surface area contributed by atoms with Crippen LogP contribution < -0.4 is 5.32 Å². The standard InChI is InChI=1S/C21H24N2O8/c1-12-18(30-20(24)28-3)17(14-7-6-8-15(11-14)23(26)27)19(13(2)22-12)31-21(25)29-16-9-4-5-10-16/h6-8,11,16-17,22H,4-5,9-10H2,1-3H3. The Morgan fingerprint density at radius 2 is 1.68 bits per heavy atom. The fraction of sp³-hybridized carbons (Fsp3) is 0.429. The summed E-state index contributed by atoms with van der Waals surface area (Å²) in [7, 11) is 1.16. The lowest BCUT2D eigenvalue weighted by Crippen LogP contribution is -2.29. The van der Waals surface area contributed by atoms with Crippen molar-refractivity contribution in [3.63, 3.8) is 0 Å². The molecule has 0 saturated heterocycles. The van der Waals surface area contributed by atoms with E-state index in [-0.39, 0.29) is 23.3 Å². The Bertz CT molecular complexity index is 946. The molecule has 3 rings (SSSR count). The third-order valence-corrected chi connectivity index (χ3v) is 5.17. The van der Waals surface area contributed by atoms with Gasteiger partial charge in [-0.15, -0.1) is 0 Å². The molecular formula is C21H24N2O8. The Hall–Kier alpha value is -3.56. The molecule has 10 heteroatoms. The maximum absolute atomic E-state index is 12.5. The zero-order valence-electron chi connectivity index (χ0n) is 17.5. The molecule has 0 aromatic heterocycles. The number of carbonyl (C=O) groups excluding carboxylic acids is 2. The normalized spacial score (nSPS) is 19.0. The molecule has 0 amide bonds. The Kier molecular flexibility index (Phi) is 6.78. The minimum absolute atomic E-state index is 0.0987. The summed E-state index contributed by atoms with van der Waals surface area (Å²) in [6.45, 7) is 3.35. The molecule has 1 saturated carbocycles. The van der Waals surface area contributed by atoms with Crippen molar-refractivity contribution in [3.8, 4) is 0 Å². The average molecular weight is 432 g/mol. The molecule has 1 heterocycles. The number of nitro groups is 1. The van der Waals surface area contributed by atoms with E-state index in [1.807, 2.05) is 0 Å². The highest BCUT2D eigenvalue weighted by molar-refractivity contribution is 5.65. The molecule has 1 atom stereocenters. The molecule has 0 spiro atoms. The van der Waals surface area contributed by atoms with E-state index in [4.69, 9.17) is 14.2 Å². The summed E-state index contributed by atoms with van der Waals surface area (Å²) in [6, 6.07) is 5.80. The first-order valence-corrected chi connectivity index (χ1v) is 9.87. The van der Waals surface area contributed by atoms with Gasteiger partial charge in [0.15, 0.2) is 0 Å². The van der Waals surface area contributed by atoms with Crippen molar-refractivity contribution >= 4 is 18.0 Å². The number of hydrogen-bond donors (Lipinski definition) is 1. The number of allylic oxidation sites excluding steroid dienone is 2. The average Bonchev–Trinajstić information content (AvgIpc) is 3.24. The topological polar surface area (TPSA) is 126 Å². The number of methoxy groups -OCH3 is 1. The molecule has 1 fully saturated rings. The van der Waals surface area contributed by atoms with Crippen LogP contribution in [-0.4, -0.2) is 30.4 Å². The number of nitrogens with one attached hydrogen (secondary N) is 1. The van der Waals surface area contributed by atoms with Crippen LogP contribution in [0.4, 0.5) is 15.3 Å². The van der Waals surface area contributed by atoms with Gasteiger partial charge in [0, 0.05) is 12.1 Å². The maximum Gasteiger partial charge on any atom is 0.513 e. The summed E-state index contributed by atoms with van der Waals surface area (Å²) >= 11 is 0. The molecule has 1 N–H and O–H groups in total. The number of nitrogens with zero attached hydrogens (tertiary/aromatic N) is 1. The van der Waals surface area contributed by atoms with Crippen LogP contribution >= 0.6 is 0 Å². The number of carbonyl (C=O) groups is 2. The molecule has 1 aromatic rings. The molecule has 1 aliphatic heterocycles. The smallest absolute Gasteiger partial charge is 0.437 e. The van der Waals surface area contributed by atoms with Gasteiger partial charge in [-0.05, 0) is 45.1 Å². The third kappa shape index (κ3) is 5.14. The zero-order chi connectivity index (χ0) is 22.5. The quantitative estimate of drug-likeness (QED) is 0.403. The summed E-state index contributed by atoms with van der Waals surface area (Å²) in [4.78, 5) is 35.1. The van der Waals surface area contributed by atoms with Gasteiger partial charge in [0.25, 0.3) is 5.69 Å². The molecule has 0 bridgehead atoms.